The fraction of sp³-hybridized carbons (Fsp3) is 0.583. The number of nitriles is 1. The zero-order valence-electron chi connectivity index (χ0n) is 10.2. The average Bonchev–Trinajstić information content (AvgIpc) is 3.17. The number of nitrogens with zero attached hydrogens (tertiary/aromatic N) is 4. The maximum Gasteiger partial charge on any atom is 0.390 e. The van der Waals surface area contributed by atoms with Crippen molar-refractivity contribution in [3.05, 3.63) is 18.1 Å². The third-order valence-corrected chi connectivity index (χ3v) is 2.92. The maximum atomic E-state index is 12.3. The SMILES string of the molecule is N#Cc1cnc(N(CCC(F)(F)F)CC2CC2)cn1. The van der Waals surface area contributed by atoms with Gasteiger partial charge in [-0.3, -0.25) is 0 Å². The van der Waals surface area contributed by atoms with Crippen LogP contribution >= 0.6 is 0 Å². The molecule has 1 aliphatic carbocycles. The first-order valence-electron chi connectivity index (χ1n) is 6.02. The fourth-order valence-electron chi connectivity index (χ4n) is 1.72. The van der Waals surface area contributed by atoms with Crippen LogP contribution in [0.4, 0.5) is 19.0 Å². The van der Waals surface area contributed by atoms with E-state index < -0.39 is 12.6 Å². The first-order chi connectivity index (χ1) is 8.98. The van der Waals surface area contributed by atoms with Crippen LogP contribution in [0.5, 0.6) is 0 Å². The van der Waals surface area contributed by atoms with Crippen molar-refractivity contribution < 1.29 is 13.2 Å². The van der Waals surface area contributed by atoms with E-state index in [-0.39, 0.29) is 12.2 Å². The van der Waals surface area contributed by atoms with Crippen molar-refractivity contribution in [3.63, 3.8) is 0 Å². The van der Waals surface area contributed by atoms with Crippen molar-refractivity contribution in [2.24, 2.45) is 5.92 Å². The molecule has 0 atom stereocenters. The second-order valence-corrected chi connectivity index (χ2v) is 4.63. The Morgan fingerprint density at radius 2 is 2.05 bits per heavy atom. The molecule has 0 unspecified atom stereocenters. The number of rotatable bonds is 5. The molecule has 102 valence electrons. The zero-order valence-corrected chi connectivity index (χ0v) is 10.2. The Hall–Kier alpha value is -1.84. The average molecular weight is 270 g/mol. The van der Waals surface area contributed by atoms with Gasteiger partial charge in [-0.15, -0.1) is 0 Å². The number of anilines is 1. The first-order valence-corrected chi connectivity index (χ1v) is 6.02. The lowest BCUT2D eigenvalue weighted by atomic mass is 10.3. The van der Waals surface area contributed by atoms with Crippen molar-refractivity contribution in [1.29, 1.82) is 5.26 Å². The maximum absolute atomic E-state index is 12.3. The van der Waals surface area contributed by atoms with Gasteiger partial charge in [0.05, 0.1) is 18.8 Å². The molecule has 1 saturated carbocycles. The van der Waals surface area contributed by atoms with Crippen LogP contribution in [0.25, 0.3) is 0 Å². The quantitative estimate of drug-likeness (QED) is 0.825. The fourth-order valence-corrected chi connectivity index (χ4v) is 1.72. The molecule has 1 aliphatic rings. The highest BCUT2D eigenvalue weighted by atomic mass is 19.4. The standard InChI is InChI=1S/C12H13F3N4/c13-12(14,15)3-4-19(8-9-1-2-9)11-7-17-10(5-16)6-18-11/h6-7,9H,1-4,8H2. The van der Waals surface area contributed by atoms with Crippen LogP contribution in [0, 0.1) is 17.2 Å². The molecule has 0 aromatic carbocycles. The topological polar surface area (TPSA) is 52.8 Å². The molecule has 1 fully saturated rings. The molecule has 0 N–H and O–H groups in total. The lowest BCUT2D eigenvalue weighted by Crippen LogP contribution is -2.31. The lowest BCUT2D eigenvalue weighted by molar-refractivity contribution is -0.132. The van der Waals surface area contributed by atoms with Gasteiger partial charge in [-0.25, -0.2) is 9.97 Å². The van der Waals surface area contributed by atoms with Gasteiger partial charge in [0.25, 0.3) is 0 Å². The summed E-state index contributed by atoms with van der Waals surface area (Å²) in [7, 11) is 0. The number of hydrogen-bond donors (Lipinski definition) is 0. The Morgan fingerprint density at radius 1 is 1.32 bits per heavy atom. The smallest absolute Gasteiger partial charge is 0.355 e. The molecule has 0 saturated heterocycles. The van der Waals surface area contributed by atoms with Crippen molar-refractivity contribution in [2.75, 3.05) is 18.0 Å². The zero-order chi connectivity index (χ0) is 13.9. The van der Waals surface area contributed by atoms with E-state index in [0.29, 0.717) is 18.3 Å². The van der Waals surface area contributed by atoms with E-state index in [2.05, 4.69) is 9.97 Å². The molecular weight excluding hydrogens is 257 g/mol. The summed E-state index contributed by atoms with van der Waals surface area (Å²) in [5.41, 5.74) is 0.158. The minimum Gasteiger partial charge on any atom is -0.355 e. The van der Waals surface area contributed by atoms with E-state index in [1.165, 1.54) is 12.4 Å². The Kier molecular flexibility index (Phi) is 3.88. The first kappa shape index (κ1) is 13.6. The second kappa shape index (κ2) is 5.43. The molecule has 0 radical (unpaired) electrons. The van der Waals surface area contributed by atoms with Crippen molar-refractivity contribution >= 4 is 5.82 Å². The summed E-state index contributed by atoms with van der Waals surface area (Å²) in [6.45, 7) is 0.442. The van der Waals surface area contributed by atoms with E-state index in [0.717, 1.165) is 12.8 Å². The molecule has 0 aliphatic heterocycles. The highest BCUT2D eigenvalue weighted by Crippen LogP contribution is 2.31. The van der Waals surface area contributed by atoms with E-state index in [4.69, 9.17) is 5.26 Å². The van der Waals surface area contributed by atoms with Crippen LogP contribution in [0.2, 0.25) is 0 Å². The van der Waals surface area contributed by atoms with Crippen LogP contribution in [-0.2, 0) is 0 Å². The number of hydrogen-bond acceptors (Lipinski definition) is 4. The summed E-state index contributed by atoms with van der Waals surface area (Å²) in [4.78, 5) is 9.45. The Labute approximate surface area is 108 Å². The summed E-state index contributed by atoms with van der Waals surface area (Å²) < 4.78 is 36.9. The predicted molar refractivity (Wildman–Crippen MR) is 62.4 cm³/mol. The Bertz CT molecular complexity index is 459. The van der Waals surface area contributed by atoms with E-state index >= 15 is 0 Å². The van der Waals surface area contributed by atoms with Crippen LogP contribution in [0.1, 0.15) is 25.0 Å². The van der Waals surface area contributed by atoms with Crippen LogP contribution < -0.4 is 4.90 Å². The number of halogens is 3. The highest BCUT2D eigenvalue weighted by Gasteiger charge is 2.30. The largest absolute Gasteiger partial charge is 0.390 e. The van der Waals surface area contributed by atoms with E-state index in [1.54, 1.807) is 4.90 Å². The van der Waals surface area contributed by atoms with Crippen LogP contribution in [-0.4, -0.2) is 29.2 Å². The van der Waals surface area contributed by atoms with Crippen molar-refractivity contribution in [3.8, 4) is 6.07 Å². The summed E-state index contributed by atoms with van der Waals surface area (Å²) in [6, 6.07) is 1.83. The van der Waals surface area contributed by atoms with Gasteiger partial charge in [0, 0.05) is 13.1 Å². The van der Waals surface area contributed by atoms with Gasteiger partial charge < -0.3 is 4.90 Å². The predicted octanol–water partition coefficient (Wildman–Crippen LogP) is 2.52. The molecule has 1 aromatic rings. The highest BCUT2D eigenvalue weighted by molar-refractivity contribution is 5.37. The molecular formula is C12H13F3N4. The molecule has 19 heavy (non-hydrogen) atoms. The van der Waals surface area contributed by atoms with Crippen molar-refractivity contribution in [1.82, 2.24) is 9.97 Å². The Balaban J connectivity index is 2.04. The van der Waals surface area contributed by atoms with Gasteiger partial charge in [-0.05, 0) is 18.8 Å². The molecule has 2 rings (SSSR count). The van der Waals surface area contributed by atoms with Crippen LogP contribution in [0.15, 0.2) is 12.4 Å². The molecule has 4 nitrogen and oxygen atoms in total. The molecule has 7 heteroatoms. The molecule has 0 amide bonds. The second-order valence-electron chi connectivity index (χ2n) is 4.63. The third-order valence-electron chi connectivity index (χ3n) is 2.92. The summed E-state index contributed by atoms with van der Waals surface area (Å²) in [5, 5.41) is 8.62. The van der Waals surface area contributed by atoms with Gasteiger partial charge in [0.1, 0.15) is 11.9 Å². The number of alkyl halides is 3. The van der Waals surface area contributed by atoms with Gasteiger partial charge in [0.2, 0.25) is 0 Å². The van der Waals surface area contributed by atoms with Gasteiger partial charge >= 0.3 is 6.18 Å². The molecule has 1 heterocycles. The molecule has 0 bridgehead atoms. The van der Waals surface area contributed by atoms with Crippen molar-refractivity contribution in [2.45, 2.75) is 25.4 Å². The van der Waals surface area contributed by atoms with Gasteiger partial charge in [-0.2, -0.15) is 18.4 Å². The van der Waals surface area contributed by atoms with Gasteiger partial charge in [0.15, 0.2) is 5.69 Å². The summed E-state index contributed by atoms with van der Waals surface area (Å²) in [5.74, 6) is 0.848. The summed E-state index contributed by atoms with van der Waals surface area (Å²) >= 11 is 0. The molecule has 0 spiro atoms. The van der Waals surface area contributed by atoms with Crippen LogP contribution in [0.3, 0.4) is 0 Å². The minimum atomic E-state index is -4.18. The molecule has 1 aromatic heterocycles. The normalized spacial score (nSPS) is 15.1. The minimum absolute atomic E-state index is 0.124. The summed E-state index contributed by atoms with van der Waals surface area (Å²) in [6.07, 6.45) is -0.318. The van der Waals surface area contributed by atoms with E-state index in [1.807, 2.05) is 6.07 Å². The van der Waals surface area contributed by atoms with Gasteiger partial charge in [-0.1, -0.05) is 0 Å². The number of aromatic nitrogens is 2. The Morgan fingerprint density at radius 3 is 2.53 bits per heavy atom. The third kappa shape index (κ3) is 4.39. The van der Waals surface area contributed by atoms with E-state index in [9.17, 15) is 13.2 Å². The monoisotopic (exact) mass is 270 g/mol. The lowest BCUT2D eigenvalue weighted by Gasteiger charge is -2.23.